The molecule has 0 aromatic heterocycles. The van der Waals surface area contributed by atoms with Crippen LogP contribution >= 0.6 is 0 Å². The van der Waals surface area contributed by atoms with E-state index in [-0.39, 0.29) is 11.6 Å². The Balaban J connectivity index is 2.56. The zero-order valence-electron chi connectivity index (χ0n) is 9.66. The van der Waals surface area contributed by atoms with Crippen molar-refractivity contribution in [2.45, 2.75) is 19.9 Å². The molecule has 0 aliphatic rings. The highest BCUT2D eigenvalue weighted by molar-refractivity contribution is 5.86. The van der Waals surface area contributed by atoms with Crippen LogP contribution < -0.4 is 5.32 Å². The summed E-state index contributed by atoms with van der Waals surface area (Å²) >= 11 is 0. The van der Waals surface area contributed by atoms with Gasteiger partial charge in [0.25, 0.3) is 0 Å². The predicted molar refractivity (Wildman–Crippen MR) is 64.4 cm³/mol. The van der Waals surface area contributed by atoms with E-state index in [9.17, 15) is 4.79 Å². The van der Waals surface area contributed by atoms with E-state index in [1.54, 1.807) is 0 Å². The summed E-state index contributed by atoms with van der Waals surface area (Å²) in [5.41, 5.74) is 2.53. The molecule has 86 valence electrons. The predicted octanol–water partition coefficient (Wildman–Crippen LogP) is 2.29. The van der Waals surface area contributed by atoms with Crippen LogP contribution in [0.3, 0.4) is 0 Å². The van der Waals surface area contributed by atoms with Crippen molar-refractivity contribution in [3.63, 3.8) is 0 Å². The topological polar surface area (TPSA) is 49.3 Å². The van der Waals surface area contributed by atoms with E-state index >= 15 is 0 Å². The van der Waals surface area contributed by atoms with Gasteiger partial charge in [0.15, 0.2) is 0 Å². The van der Waals surface area contributed by atoms with Crippen molar-refractivity contribution in [3.05, 3.63) is 47.5 Å². The lowest BCUT2D eigenvalue weighted by Gasteiger charge is -2.14. The quantitative estimate of drug-likeness (QED) is 0.747. The van der Waals surface area contributed by atoms with E-state index in [1.165, 1.54) is 5.56 Å². The molecule has 0 aliphatic heterocycles. The molecule has 0 saturated carbocycles. The second-order valence-electron chi connectivity index (χ2n) is 3.93. The Hall–Kier alpha value is -1.61. The summed E-state index contributed by atoms with van der Waals surface area (Å²) in [4.78, 5) is 10.6. The summed E-state index contributed by atoms with van der Waals surface area (Å²) < 4.78 is 0. The fourth-order valence-corrected chi connectivity index (χ4v) is 1.41. The molecule has 1 aromatic rings. The van der Waals surface area contributed by atoms with Crippen LogP contribution in [0.15, 0.2) is 36.4 Å². The molecule has 0 saturated heterocycles. The molecule has 0 bridgehead atoms. The van der Waals surface area contributed by atoms with Crippen LogP contribution in [-0.2, 0) is 4.79 Å². The van der Waals surface area contributed by atoms with Crippen LogP contribution in [0, 0.1) is 6.92 Å². The van der Waals surface area contributed by atoms with E-state index in [1.807, 2.05) is 32.0 Å². The molecule has 3 nitrogen and oxygen atoms in total. The van der Waals surface area contributed by atoms with Gasteiger partial charge in [-0.05, 0) is 19.4 Å². The van der Waals surface area contributed by atoms with Crippen LogP contribution in [0.2, 0.25) is 0 Å². The van der Waals surface area contributed by atoms with Gasteiger partial charge in [-0.3, -0.25) is 0 Å². The van der Waals surface area contributed by atoms with Gasteiger partial charge < -0.3 is 10.4 Å². The molecule has 0 radical (unpaired) electrons. The highest BCUT2D eigenvalue weighted by atomic mass is 16.4. The zero-order valence-corrected chi connectivity index (χ0v) is 9.66. The second kappa shape index (κ2) is 5.47. The summed E-state index contributed by atoms with van der Waals surface area (Å²) in [7, 11) is 0. The number of benzene rings is 1. The second-order valence-corrected chi connectivity index (χ2v) is 3.93. The number of carboxylic acids is 1. The number of nitrogens with one attached hydrogen (secondary N) is 1. The summed E-state index contributed by atoms with van der Waals surface area (Å²) in [6.45, 7) is 7.81. The van der Waals surface area contributed by atoms with E-state index in [2.05, 4.69) is 18.0 Å². The van der Waals surface area contributed by atoms with Gasteiger partial charge in [-0.1, -0.05) is 36.4 Å². The molecular weight excluding hydrogens is 202 g/mol. The largest absolute Gasteiger partial charge is 0.478 e. The molecule has 2 N–H and O–H groups in total. The Morgan fingerprint density at radius 1 is 1.56 bits per heavy atom. The third-order valence-electron chi connectivity index (χ3n) is 2.47. The molecule has 0 heterocycles. The fourth-order valence-electron chi connectivity index (χ4n) is 1.41. The summed E-state index contributed by atoms with van der Waals surface area (Å²) in [6, 6.07) is 8.26. The first-order chi connectivity index (χ1) is 7.50. The monoisotopic (exact) mass is 219 g/mol. The summed E-state index contributed by atoms with van der Waals surface area (Å²) in [5, 5.41) is 11.8. The fraction of sp³-hybridized carbons (Fsp3) is 0.308. The Labute approximate surface area is 95.8 Å². The third kappa shape index (κ3) is 3.51. The molecule has 3 heteroatoms. The normalized spacial score (nSPS) is 12.1. The number of hydrogen-bond acceptors (Lipinski definition) is 2. The van der Waals surface area contributed by atoms with Gasteiger partial charge in [0.1, 0.15) is 0 Å². The SMILES string of the molecule is C=C(CN[C@H](C)c1cccc(C)c1)C(=O)O. The minimum absolute atomic E-state index is 0.121. The molecule has 1 aromatic carbocycles. The Morgan fingerprint density at radius 2 is 2.25 bits per heavy atom. The van der Waals surface area contributed by atoms with Crippen molar-refractivity contribution in [1.82, 2.24) is 5.32 Å². The molecule has 0 unspecified atom stereocenters. The first-order valence-corrected chi connectivity index (χ1v) is 5.21. The van der Waals surface area contributed by atoms with Gasteiger partial charge in [-0.2, -0.15) is 0 Å². The van der Waals surface area contributed by atoms with E-state index in [4.69, 9.17) is 5.11 Å². The van der Waals surface area contributed by atoms with Gasteiger partial charge >= 0.3 is 5.97 Å². The number of carbonyl (C=O) groups is 1. The zero-order chi connectivity index (χ0) is 12.1. The van der Waals surface area contributed by atoms with Crippen molar-refractivity contribution in [2.75, 3.05) is 6.54 Å². The molecule has 0 spiro atoms. The van der Waals surface area contributed by atoms with Crippen LogP contribution in [0.4, 0.5) is 0 Å². The van der Waals surface area contributed by atoms with Crippen LogP contribution in [0.1, 0.15) is 24.1 Å². The maximum atomic E-state index is 10.6. The minimum atomic E-state index is -0.955. The Kier molecular flexibility index (Phi) is 4.26. The molecule has 0 aliphatic carbocycles. The molecule has 1 atom stereocenters. The average molecular weight is 219 g/mol. The van der Waals surface area contributed by atoms with Gasteiger partial charge in [-0.15, -0.1) is 0 Å². The molecule has 1 rings (SSSR count). The first-order valence-electron chi connectivity index (χ1n) is 5.21. The highest BCUT2D eigenvalue weighted by Crippen LogP contribution is 2.13. The number of hydrogen-bond donors (Lipinski definition) is 2. The van der Waals surface area contributed by atoms with Gasteiger partial charge in [0.05, 0.1) is 0 Å². The molecule has 16 heavy (non-hydrogen) atoms. The lowest BCUT2D eigenvalue weighted by atomic mass is 10.1. The van der Waals surface area contributed by atoms with Crippen LogP contribution in [0.25, 0.3) is 0 Å². The van der Waals surface area contributed by atoms with Crippen LogP contribution in [0.5, 0.6) is 0 Å². The third-order valence-corrected chi connectivity index (χ3v) is 2.47. The van der Waals surface area contributed by atoms with E-state index in [0.717, 1.165) is 5.56 Å². The number of aliphatic carboxylic acids is 1. The lowest BCUT2D eigenvalue weighted by molar-refractivity contribution is -0.132. The van der Waals surface area contributed by atoms with Crippen molar-refractivity contribution in [2.24, 2.45) is 0 Å². The number of carboxylic acid groups (broad SMARTS) is 1. The Bertz CT molecular complexity index is 399. The standard InChI is InChI=1S/C13H17NO2/c1-9-5-4-6-12(7-9)11(3)14-8-10(2)13(15)16/h4-7,11,14H,2,8H2,1,3H3,(H,15,16)/t11-/m1/s1. The smallest absolute Gasteiger partial charge is 0.332 e. The minimum Gasteiger partial charge on any atom is -0.478 e. The van der Waals surface area contributed by atoms with Crippen molar-refractivity contribution in [3.8, 4) is 0 Å². The highest BCUT2D eigenvalue weighted by Gasteiger charge is 2.08. The summed E-state index contributed by atoms with van der Waals surface area (Å²) in [5.74, 6) is -0.955. The van der Waals surface area contributed by atoms with Crippen molar-refractivity contribution < 1.29 is 9.90 Å². The summed E-state index contributed by atoms with van der Waals surface area (Å²) in [6.07, 6.45) is 0. The molecular formula is C13H17NO2. The van der Waals surface area contributed by atoms with Crippen molar-refractivity contribution in [1.29, 1.82) is 0 Å². The number of rotatable bonds is 5. The number of aryl methyl sites for hydroxylation is 1. The van der Waals surface area contributed by atoms with Gasteiger partial charge in [-0.25, -0.2) is 4.79 Å². The maximum Gasteiger partial charge on any atom is 0.332 e. The lowest BCUT2D eigenvalue weighted by Crippen LogP contribution is -2.23. The molecule has 0 fully saturated rings. The Morgan fingerprint density at radius 3 is 2.81 bits per heavy atom. The van der Waals surface area contributed by atoms with Crippen LogP contribution in [-0.4, -0.2) is 17.6 Å². The van der Waals surface area contributed by atoms with E-state index in [0.29, 0.717) is 6.54 Å². The molecule has 0 amide bonds. The maximum absolute atomic E-state index is 10.6. The van der Waals surface area contributed by atoms with Gasteiger partial charge in [0.2, 0.25) is 0 Å². The first kappa shape index (κ1) is 12.5. The van der Waals surface area contributed by atoms with Crippen molar-refractivity contribution >= 4 is 5.97 Å². The van der Waals surface area contributed by atoms with Gasteiger partial charge in [0, 0.05) is 18.2 Å². The average Bonchev–Trinajstić information content (AvgIpc) is 2.25. The van der Waals surface area contributed by atoms with E-state index < -0.39 is 5.97 Å².